The zero-order valence-electron chi connectivity index (χ0n) is 17.1. The summed E-state index contributed by atoms with van der Waals surface area (Å²) >= 11 is 0. The Balaban J connectivity index is 1.64. The third-order valence-electron chi connectivity index (χ3n) is 6.05. The van der Waals surface area contributed by atoms with Gasteiger partial charge >= 0.3 is 5.97 Å². The van der Waals surface area contributed by atoms with E-state index in [0.29, 0.717) is 37.9 Å². The standard InChI is InChI=1S/C25H25NO5/c27-16-25(31)10-3-12-26(13-11-25)23(28)19-8-9-22-17(14-19)5-2-7-21(22)18-4-1-6-20(15-18)24(29)30/h1-2,4-9,14-15,27,31H,3,10-13,16H2,(H,29,30). The van der Waals surface area contributed by atoms with Gasteiger partial charge in [0.25, 0.3) is 5.91 Å². The van der Waals surface area contributed by atoms with E-state index in [9.17, 15) is 24.9 Å². The fourth-order valence-electron chi connectivity index (χ4n) is 4.21. The second-order valence-corrected chi connectivity index (χ2v) is 8.16. The summed E-state index contributed by atoms with van der Waals surface area (Å²) in [6.45, 7) is 0.647. The van der Waals surface area contributed by atoms with Crippen molar-refractivity contribution < 1.29 is 24.9 Å². The van der Waals surface area contributed by atoms with Crippen LogP contribution in [0.15, 0.2) is 60.7 Å². The van der Waals surface area contributed by atoms with Crippen LogP contribution >= 0.6 is 0 Å². The monoisotopic (exact) mass is 419 g/mol. The molecule has 6 nitrogen and oxygen atoms in total. The summed E-state index contributed by atoms with van der Waals surface area (Å²) in [5, 5.41) is 30.9. The van der Waals surface area contributed by atoms with Crippen LogP contribution in [-0.4, -0.2) is 57.4 Å². The van der Waals surface area contributed by atoms with Gasteiger partial charge in [-0.3, -0.25) is 4.79 Å². The van der Waals surface area contributed by atoms with Gasteiger partial charge < -0.3 is 20.2 Å². The zero-order chi connectivity index (χ0) is 22.0. The maximum Gasteiger partial charge on any atom is 0.335 e. The van der Waals surface area contributed by atoms with Crippen molar-refractivity contribution in [3.63, 3.8) is 0 Å². The van der Waals surface area contributed by atoms with Crippen LogP contribution in [0.3, 0.4) is 0 Å². The molecule has 3 aromatic rings. The molecule has 1 unspecified atom stereocenters. The molecular weight excluding hydrogens is 394 g/mol. The van der Waals surface area contributed by atoms with E-state index in [0.717, 1.165) is 21.9 Å². The molecule has 3 N–H and O–H groups in total. The maximum absolute atomic E-state index is 13.1. The minimum absolute atomic E-state index is 0.0950. The van der Waals surface area contributed by atoms with E-state index in [2.05, 4.69) is 0 Å². The minimum Gasteiger partial charge on any atom is -0.478 e. The Kier molecular flexibility index (Phi) is 5.76. The molecule has 1 saturated heterocycles. The number of aliphatic hydroxyl groups is 2. The normalized spacial score (nSPS) is 19.2. The van der Waals surface area contributed by atoms with Crippen molar-refractivity contribution in [2.45, 2.75) is 24.9 Å². The van der Waals surface area contributed by atoms with Crippen molar-refractivity contribution in [1.82, 2.24) is 4.90 Å². The van der Waals surface area contributed by atoms with Crippen LogP contribution < -0.4 is 0 Å². The highest BCUT2D eigenvalue weighted by Gasteiger charge is 2.31. The molecular formula is C25H25NO5. The Morgan fingerprint density at radius 3 is 2.52 bits per heavy atom. The number of nitrogens with zero attached hydrogens (tertiary/aromatic N) is 1. The van der Waals surface area contributed by atoms with Gasteiger partial charge in [0.2, 0.25) is 0 Å². The van der Waals surface area contributed by atoms with Crippen molar-refractivity contribution in [2.75, 3.05) is 19.7 Å². The van der Waals surface area contributed by atoms with Gasteiger partial charge in [0, 0.05) is 18.7 Å². The van der Waals surface area contributed by atoms with Crippen molar-refractivity contribution in [3.8, 4) is 11.1 Å². The fraction of sp³-hybridized carbons (Fsp3) is 0.280. The van der Waals surface area contributed by atoms with Crippen LogP contribution in [0, 0.1) is 0 Å². The van der Waals surface area contributed by atoms with E-state index in [-0.39, 0.29) is 18.1 Å². The lowest BCUT2D eigenvalue weighted by Gasteiger charge is -2.24. The first kappa shape index (κ1) is 21.0. The molecule has 1 amide bonds. The number of aromatic carboxylic acids is 1. The summed E-state index contributed by atoms with van der Waals surface area (Å²) in [7, 11) is 0. The van der Waals surface area contributed by atoms with Crippen LogP contribution in [0.2, 0.25) is 0 Å². The number of aliphatic hydroxyl groups excluding tert-OH is 1. The Labute approximate surface area is 180 Å². The van der Waals surface area contributed by atoms with Crippen LogP contribution in [0.4, 0.5) is 0 Å². The van der Waals surface area contributed by atoms with Crippen molar-refractivity contribution in [2.24, 2.45) is 0 Å². The summed E-state index contributed by atoms with van der Waals surface area (Å²) in [4.78, 5) is 26.1. The van der Waals surface area contributed by atoms with E-state index in [4.69, 9.17) is 0 Å². The summed E-state index contributed by atoms with van der Waals surface area (Å²) in [5.41, 5.74) is 1.39. The van der Waals surface area contributed by atoms with Gasteiger partial charge in [-0.2, -0.15) is 0 Å². The lowest BCUT2D eigenvalue weighted by molar-refractivity contribution is -0.0250. The zero-order valence-corrected chi connectivity index (χ0v) is 17.1. The number of likely N-dealkylation sites (tertiary alicyclic amines) is 1. The number of rotatable bonds is 4. The molecule has 0 bridgehead atoms. The van der Waals surface area contributed by atoms with E-state index in [1.165, 1.54) is 0 Å². The number of hydrogen-bond acceptors (Lipinski definition) is 4. The van der Waals surface area contributed by atoms with E-state index < -0.39 is 11.6 Å². The Hall–Kier alpha value is -3.22. The number of hydrogen-bond donors (Lipinski definition) is 3. The smallest absolute Gasteiger partial charge is 0.335 e. The van der Waals surface area contributed by atoms with Gasteiger partial charge in [0.15, 0.2) is 0 Å². The van der Waals surface area contributed by atoms with Crippen LogP contribution in [0.5, 0.6) is 0 Å². The first-order valence-corrected chi connectivity index (χ1v) is 10.4. The second kappa shape index (κ2) is 8.49. The first-order chi connectivity index (χ1) is 14.9. The second-order valence-electron chi connectivity index (χ2n) is 8.16. The van der Waals surface area contributed by atoms with Crippen LogP contribution in [0.1, 0.15) is 40.0 Å². The third-order valence-corrected chi connectivity index (χ3v) is 6.05. The number of carbonyl (C=O) groups excluding carboxylic acids is 1. The highest BCUT2D eigenvalue weighted by molar-refractivity contribution is 6.03. The molecule has 0 aromatic heterocycles. The number of carboxylic acids is 1. The van der Waals surface area contributed by atoms with Crippen LogP contribution in [0.25, 0.3) is 21.9 Å². The molecule has 31 heavy (non-hydrogen) atoms. The van der Waals surface area contributed by atoms with Gasteiger partial charge in [-0.25, -0.2) is 4.79 Å². The van der Waals surface area contributed by atoms with Crippen molar-refractivity contribution >= 4 is 22.6 Å². The minimum atomic E-state index is -1.11. The molecule has 1 heterocycles. The Morgan fingerprint density at radius 2 is 1.74 bits per heavy atom. The van der Waals surface area contributed by atoms with Gasteiger partial charge in [-0.15, -0.1) is 0 Å². The lowest BCUT2D eigenvalue weighted by atomic mass is 9.95. The highest BCUT2D eigenvalue weighted by Crippen LogP contribution is 2.30. The fourth-order valence-corrected chi connectivity index (χ4v) is 4.21. The molecule has 0 aliphatic carbocycles. The topological polar surface area (TPSA) is 98.1 Å². The lowest BCUT2D eigenvalue weighted by Crippen LogP contribution is -2.36. The molecule has 0 radical (unpaired) electrons. The van der Waals surface area contributed by atoms with Gasteiger partial charge in [-0.1, -0.05) is 36.4 Å². The third kappa shape index (κ3) is 4.31. The summed E-state index contributed by atoms with van der Waals surface area (Å²) < 4.78 is 0. The number of fused-ring (bicyclic) bond motifs is 1. The quantitative estimate of drug-likeness (QED) is 0.601. The SMILES string of the molecule is O=C(O)c1cccc(-c2cccc3cc(C(=O)N4CCCC(O)(CO)CC4)ccc23)c1. The van der Waals surface area contributed by atoms with Crippen LogP contribution in [-0.2, 0) is 0 Å². The Morgan fingerprint density at radius 1 is 0.935 bits per heavy atom. The van der Waals surface area contributed by atoms with Crippen molar-refractivity contribution in [1.29, 1.82) is 0 Å². The summed E-state index contributed by atoms with van der Waals surface area (Å²) in [5.74, 6) is -1.07. The summed E-state index contributed by atoms with van der Waals surface area (Å²) in [6.07, 6.45) is 1.47. The molecule has 1 atom stereocenters. The van der Waals surface area contributed by atoms with Gasteiger partial charge in [0.05, 0.1) is 17.8 Å². The number of benzene rings is 3. The summed E-state index contributed by atoms with van der Waals surface area (Å²) in [6, 6.07) is 18.1. The maximum atomic E-state index is 13.1. The average molecular weight is 419 g/mol. The molecule has 4 rings (SSSR count). The van der Waals surface area contributed by atoms with E-state index in [1.807, 2.05) is 36.4 Å². The van der Waals surface area contributed by atoms with E-state index >= 15 is 0 Å². The average Bonchev–Trinajstić information content (AvgIpc) is 3.00. The number of carboxylic acid groups (broad SMARTS) is 1. The van der Waals surface area contributed by atoms with Gasteiger partial charge in [-0.05, 0) is 65.4 Å². The number of amides is 1. The molecule has 6 heteroatoms. The highest BCUT2D eigenvalue weighted by atomic mass is 16.4. The Bertz CT molecular complexity index is 1140. The van der Waals surface area contributed by atoms with Crippen molar-refractivity contribution in [3.05, 3.63) is 71.8 Å². The molecule has 3 aromatic carbocycles. The van der Waals surface area contributed by atoms with E-state index in [1.54, 1.807) is 29.2 Å². The largest absolute Gasteiger partial charge is 0.478 e. The molecule has 1 aliphatic rings. The molecule has 1 fully saturated rings. The molecule has 0 saturated carbocycles. The predicted octanol–water partition coefficient (Wildman–Crippen LogP) is 3.55. The molecule has 0 spiro atoms. The molecule has 160 valence electrons. The number of carbonyl (C=O) groups is 2. The van der Waals surface area contributed by atoms with Gasteiger partial charge in [0.1, 0.15) is 0 Å². The first-order valence-electron chi connectivity index (χ1n) is 10.4. The predicted molar refractivity (Wildman–Crippen MR) is 118 cm³/mol. The molecule has 1 aliphatic heterocycles.